The van der Waals surface area contributed by atoms with E-state index in [4.69, 9.17) is 11.6 Å². The van der Waals surface area contributed by atoms with Gasteiger partial charge in [0.1, 0.15) is 5.82 Å². The molecule has 22 heavy (non-hydrogen) atoms. The Labute approximate surface area is 137 Å². The van der Waals surface area contributed by atoms with Gasteiger partial charge < -0.3 is 4.90 Å². The number of pyridine rings is 1. The van der Waals surface area contributed by atoms with Gasteiger partial charge in [0.2, 0.25) is 0 Å². The molecule has 1 aliphatic heterocycles. The Bertz CT molecular complexity index is 570. The van der Waals surface area contributed by atoms with Gasteiger partial charge in [0.15, 0.2) is 5.78 Å². The first-order chi connectivity index (χ1) is 10.4. The predicted molar refractivity (Wildman–Crippen MR) is 89.8 cm³/mol. The molecule has 0 bridgehead atoms. The van der Waals surface area contributed by atoms with E-state index >= 15 is 0 Å². The van der Waals surface area contributed by atoms with Crippen molar-refractivity contribution in [2.75, 3.05) is 31.1 Å². The summed E-state index contributed by atoms with van der Waals surface area (Å²) in [4.78, 5) is 21.2. The number of piperazine rings is 1. The molecule has 1 aromatic rings. The van der Waals surface area contributed by atoms with Crippen molar-refractivity contribution < 1.29 is 4.79 Å². The number of ketones is 1. The summed E-state index contributed by atoms with van der Waals surface area (Å²) in [5.41, 5.74) is 0.855. The Hall–Kier alpha value is -1.13. The minimum absolute atomic E-state index is 0.193. The van der Waals surface area contributed by atoms with Crippen molar-refractivity contribution in [2.45, 2.75) is 39.2 Å². The maximum Gasteiger partial charge on any atom is 0.167 e. The minimum Gasteiger partial charge on any atom is -0.353 e. The number of carbonyl (C=O) groups excluding carboxylic acids is 1. The van der Waals surface area contributed by atoms with Crippen LogP contribution in [-0.2, 0) is 0 Å². The van der Waals surface area contributed by atoms with E-state index in [0.717, 1.165) is 44.8 Å². The lowest BCUT2D eigenvalue weighted by Gasteiger charge is -2.42. The quantitative estimate of drug-likeness (QED) is 0.801. The van der Waals surface area contributed by atoms with Crippen LogP contribution >= 0.6 is 11.6 Å². The summed E-state index contributed by atoms with van der Waals surface area (Å²) in [5, 5.41) is 0.593. The number of nitrogens with zero attached hydrogens (tertiary/aromatic N) is 3. The van der Waals surface area contributed by atoms with Gasteiger partial charge in [0.05, 0.1) is 5.02 Å². The van der Waals surface area contributed by atoms with Crippen LogP contribution in [0.3, 0.4) is 0 Å². The van der Waals surface area contributed by atoms with E-state index in [1.54, 1.807) is 12.3 Å². The van der Waals surface area contributed by atoms with E-state index in [-0.39, 0.29) is 17.2 Å². The molecule has 1 aromatic heterocycles. The summed E-state index contributed by atoms with van der Waals surface area (Å²) in [7, 11) is 0. The second-order valence-electron chi connectivity index (χ2n) is 7.31. The number of rotatable bonds is 3. The van der Waals surface area contributed by atoms with Crippen LogP contribution in [0.1, 0.15) is 44.0 Å². The van der Waals surface area contributed by atoms with Crippen LogP contribution in [0.25, 0.3) is 0 Å². The van der Waals surface area contributed by atoms with Gasteiger partial charge in [-0.1, -0.05) is 11.6 Å². The molecule has 4 nitrogen and oxygen atoms in total. The molecule has 2 fully saturated rings. The molecule has 0 atom stereocenters. The van der Waals surface area contributed by atoms with Crippen molar-refractivity contribution in [3.63, 3.8) is 0 Å². The fraction of sp³-hybridized carbons (Fsp3) is 0.647. The Kier molecular flexibility index (Phi) is 4.17. The molecule has 0 radical (unpaired) electrons. The molecule has 5 heteroatoms. The van der Waals surface area contributed by atoms with Gasteiger partial charge in [0, 0.05) is 49.4 Å². The van der Waals surface area contributed by atoms with E-state index in [9.17, 15) is 4.79 Å². The molecule has 0 amide bonds. The van der Waals surface area contributed by atoms with Gasteiger partial charge in [-0.05, 0) is 39.7 Å². The zero-order valence-corrected chi connectivity index (χ0v) is 14.4. The molecule has 1 saturated heterocycles. The number of anilines is 1. The SMILES string of the molecule is CC(C)(C)N1CCN(c2ncc(C(=O)C3CC3)cc2Cl)CC1. The second kappa shape index (κ2) is 5.82. The van der Waals surface area contributed by atoms with Crippen molar-refractivity contribution in [1.29, 1.82) is 0 Å². The van der Waals surface area contributed by atoms with E-state index in [1.807, 2.05) is 0 Å². The first-order valence-electron chi connectivity index (χ1n) is 8.06. The number of Topliss-reactive ketones (excluding diaryl/α,β-unsaturated/α-hetero) is 1. The number of carbonyl (C=O) groups is 1. The fourth-order valence-corrected chi connectivity index (χ4v) is 3.25. The standard InChI is InChI=1S/C17H24ClN3O/c1-17(2,3)21-8-6-20(7-9-21)16-14(18)10-13(11-19-16)15(22)12-4-5-12/h10-12H,4-9H2,1-3H3. The van der Waals surface area contributed by atoms with Gasteiger partial charge in [-0.25, -0.2) is 4.98 Å². The summed E-state index contributed by atoms with van der Waals surface area (Å²) < 4.78 is 0. The highest BCUT2D eigenvalue weighted by Crippen LogP contribution is 2.34. The third-order valence-corrected chi connectivity index (χ3v) is 4.86. The molecule has 0 unspecified atom stereocenters. The zero-order chi connectivity index (χ0) is 15.9. The fourth-order valence-electron chi connectivity index (χ4n) is 2.97. The Balaban J connectivity index is 1.69. The van der Waals surface area contributed by atoms with Crippen LogP contribution < -0.4 is 4.90 Å². The lowest BCUT2D eigenvalue weighted by Crippen LogP contribution is -2.53. The normalized spacial score (nSPS) is 20.3. The topological polar surface area (TPSA) is 36.4 Å². The summed E-state index contributed by atoms with van der Waals surface area (Å²) in [6.45, 7) is 10.6. The Morgan fingerprint density at radius 1 is 1.23 bits per heavy atom. The molecular formula is C17H24ClN3O. The van der Waals surface area contributed by atoms with Crippen molar-refractivity contribution >= 4 is 23.2 Å². The molecule has 120 valence electrons. The summed E-state index contributed by atoms with van der Waals surface area (Å²) >= 11 is 6.39. The highest BCUT2D eigenvalue weighted by atomic mass is 35.5. The van der Waals surface area contributed by atoms with Crippen molar-refractivity contribution in [2.24, 2.45) is 5.92 Å². The predicted octanol–water partition coefficient (Wildman–Crippen LogP) is 3.25. The Morgan fingerprint density at radius 2 is 1.86 bits per heavy atom. The molecule has 2 aliphatic rings. The van der Waals surface area contributed by atoms with E-state index < -0.39 is 0 Å². The number of aromatic nitrogens is 1. The smallest absolute Gasteiger partial charge is 0.167 e. The monoisotopic (exact) mass is 321 g/mol. The van der Waals surface area contributed by atoms with Crippen LogP contribution in [0.4, 0.5) is 5.82 Å². The average molecular weight is 322 g/mol. The molecule has 2 heterocycles. The highest BCUT2D eigenvalue weighted by Gasteiger charge is 2.31. The molecule has 3 rings (SSSR count). The lowest BCUT2D eigenvalue weighted by atomic mass is 10.0. The number of halogens is 1. The largest absolute Gasteiger partial charge is 0.353 e. The summed E-state index contributed by atoms with van der Waals surface area (Å²) in [6.07, 6.45) is 3.71. The first-order valence-corrected chi connectivity index (χ1v) is 8.44. The third kappa shape index (κ3) is 3.28. The van der Waals surface area contributed by atoms with E-state index in [2.05, 4.69) is 35.6 Å². The van der Waals surface area contributed by atoms with Crippen molar-refractivity contribution in [3.8, 4) is 0 Å². The van der Waals surface area contributed by atoms with Gasteiger partial charge in [-0.15, -0.1) is 0 Å². The third-order valence-electron chi connectivity index (χ3n) is 4.58. The lowest BCUT2D eigenvalue weighted by molar-refractivity contribution is 0.0967. The zero-order valence-electron chi connectivity index (χ0n) is 13.6. The number of hydrogen-bond acceptors (Lipinski definition) is 4. The van der Waals surface area contributed by atoms with Crippen LogP contribution in [0.15, 0.2) is 12.3 Å². The molecular weight excluding hydrogens is 298 g/mol. The molecule has 1 saturated carbocycles. The molecule has 0 aromatic carbocycles. The van der Waals surface area contributed by atoms with Crippen LogP contribution in [0, 0.1) is 5.92 Å². The Morgan fingerprint density at radius 3 is 2.36 bits per heavy atom. The van der Waals surface area contributed by atoms with E-state index in [1.165, 1.54) is 0 Å². The van der Waals surface area contributed by atoms with Gasteiger partial charge >= 0.3 is 0 Å². The van der Waals surface area contributed by atoms with Crippen LogP contribution in [0.2, 0.25) is 5.02 Å². The molecule has 0 spiro atoms. The maximum absolute atomic E-state index is 12.1. The molecule has 1 aliphatic carbocycles. The minimum atomic E-state index is 0.193. The summed E-state index contributed by atoms with van der Waals surface area (Å²) in [5.74, 6) is 1.21. The second-order valence-corrected chi connectivity index (χ2v) is 7.72. The van der Waals surface area contributed by atoms with Gasteiger partial charge in [-0.2, -0.15) is 0 Å². The summed E-state index contributed by atoms with van der Waals surface area (Å²) in [6, 6.07) is 1.79. The highest BCUT2D eigenvalue weighted by molar-refractivity contribution is 6.33. The van der Waals surface area contributed by atoms with Crippen molar-refractivity contribution in [3.05, 3.63) is 22.8 Å². The van der Waals surface area contributed by atoms with Crippen LogP contribution in [-0.4, -0.2) is 47.4 Å². The maximum atomic E-state index is 12.1. The van der Waals surface area contributed by atoms with Crippen LogP contribution in [0.5, 0.6) is 0 Å². The molecule has 0 N–H and O–H groups in total. The van der Waals surface area contributed by atoms with Gasteiger partial charge in [0.25, 0.3) is 0 Å². The average Bonchev–Trinajstić information content (AvgIpc) is 3.30. The number of hydrogen-bond donors (Lipinski definition) is 0. The van der Waals surface area contributed by atoms with Gasteiger partial charge in [-0.3, -0.25) is 9.69 Å². The van der Waals surface area contributed by atoms with E-state index in [0.29, 0.717) is 10.6 Å². The van der Waals surface area contributed by atoms with Crippen molar-refractivity contribution in [1.82, 2.24) is 9.88 Å². The first kappa shape index (κ1) is 15.8.